The van der Waals surface area contributed by atoms with Gasteiger partial charge in [0.25, 0.3) is 0 Å². The molecule has 0 aliphatic carbocycles. The van der Waals surface area contributed by atoms with Crippen LogP contribution in [0.5, 0.6) is 5.75 Å². The molecule has 3 nitrogen and oxygen atoms in total. The molecule has 1 aromatic carbocycles. The first-order valence-electron chi connectivity index (χ1n) is 5.79. The van der Waals surface area contributed by atoms with Crippen molar-refractivity contribution >= 4 is 5.78 Å². The summed E-state index contributed by atoms with van der Waals surface area (Å²) in [5.41, 5.74) is -0.311. The molecule has 18 heavy (non-hydrogen) atoms. The second-order valence-corrected chi connectivity index (χ2v) is 5.35. The van der Waals surface area contributed by atoms with E-state index in [1.807, 2.05) is 0 Å². The molecule has 1 rings (SSSR count). The number of ketones is 1. The molecule has 0 spiro atoms. The van der Waals surface area contributed by atoms with Crippen LogP contribution in [0.1, 0.15) is 26.3 Å². The van der Waals surface area contributed by atoms with Gasteiger partial charge >= 0.3 is 0 Å². The number of hydrogen-bond acceptors (Lipinski definition) is 3. The number of carbonyl (C=O) groups is 1. The van der Waals surface area contributed by atoms with Gasteiger partial charge in [-0.3, -0.25) is 4.79 Å². The maximum absolute atomic E-state index is 13.8. The Morgan fingerprint density at radius 1 is 1.44 bits per heavy atom. The minimum atomic E-state index is -1.11. The molecule has 100 valence electrons. The van der Waals surface area contributed by atoms with Gasteiger partial charge in [-0.25, -0.2) is 4.39 Å². The summed E-state index contributed by atoms with van der Waals surface area (Å²) in [6.07, 6.45) is -1.25. The molecule has 1 N–H and O–H groups in total. The first-order chi connectivity index (χ1) is 8.27. The van der Waals surface area contributed by atoms with Gasteiger partial charge in [-0.2, -0.15) is 0 Å². The van der Waals surface area contributed by atoms with Gasteiger partial charge in [-0.1, -0.05) is 32.9 Å². The van der Waals surface area contributed by atoms with Gasteiger partial charge in [0.15, 0.2) is 17.3 Å². The van der Waals surface area contributed by atoms with E-state index in [4.69, 9.17) is 4.74 Å². The lowest BCUT2D eigenvalue weighted by molar-refractivity contribution is -0.131. The van der Waals surface area contributed by atoms with Crippen molar-refractivity contribution in [3.63, 3.8) is 0 Å². The fourth-order valence-electron chi connectivity index (χ4n) is 1.62. The first kappa shape index (κ1) is 14.6. The van der Waals surface area contributed by atoms with Crippen LogP contribution in [-0.2, 0) is 11.2 Å². The molecule has 0 fully saturated rings. The van der Waals surface area contributed by atoms with Crippen LogP contribution in [0.25, 0.3) is 0 Å². The summed E-state index contributed by atoms with van der Waals surface area (Å²) in [4.78, 5) is 11.9. The highest BCUT2D eigenvalue weighted by Gasteiger charge is 2.29. The van der Waals surface area contributed by atoms with Crippen LogP contribution in [0.2, 0.25) is 0 Å². The third-order valence-electron chi connectivity index (χ3n) is 2.75. The molecule has 0 heterocycles. The van der Waals surface area contributed by atoms with Crippen molar-refractivity contribution in [2.75, 3.05) is 7.11 Å². The summed E-state index contributed by atoms with van der Waals surface area (Å²) in [5, 5.41) is 9.83. The molecule has 0 aliphatic heterocycles. The molecule has 0 aliphatic rings. The second-order valence-electron chi connectivity index (χ2n) is 5.35. The van der Waals surface area contributed by atoms with E-state index in [-0.39, 0.29) is 17.7 Å². The van der Waals surface area contributed by atoms with Crippen molar-refractivity contribution in [2.45, 2.75) is 33.3 Å². The lowest BCUT2D eigenvalue weighted by Gasteiger charge is -2.24. The Kier molecular flexibility index (Phi) is 4.46. The first-order valence-corrected chi connectivity index (χ1v) is 5.79. The topological polar surface area (TPSA) is 46.5 Å². The number of hydrogen-bond donors (Lipinski definition) is 1. The number of halogens is 1. The molecular weight excluding hydrogens is 235 g/mol. The Balaban J connectivity index is 2.89. The highest BCUT2D eigenvalue weighted by Crippen LogP contribution is 2.24. The van der Waals surface area contributed by atoms with Crippen LogP contribution in [0, 0.1) is 11.2 Å². The highest BCUT2D eigenvalue weighted by molar-refractivity contribution is 5.85. The average molecular weight is 254 g/mol. The minimum absolute atomic E-state index is 0.102. The van der Waals surface area contributed by atoms with Crippen molar-refractivity contribution in [3.05, 3.63) is 29.6 Å². The van der Waals surface area contributed by atoms with Gasteiger partial charge in [0.1, 0.15) is 6.10 Å². The molecular formula is C14H19FO3. The summed E-state index contributed by atoms with van der Waals surface area (Å²) >= 11 is 0. The van der Waals surface area contributed by atoms with Crippen LogP contribution in [0.4, 0.5) is 4.39 Å². The van der Waals surface area contributed by atoms with Gasteiger partial charge in [0, 0.05) is 6.42 Å². The number of methoxy groups -OCH3 is 1. The zero-order chi connectivity index (χ0) is 13.9. The van der Waals surface area contributed by atoms with Gasteiger partial charge < -0.3 is 9.84 Å². The fraction of sp³-hybridized carbons (Fsp3) is 0.500. The summed E-state index contributed by atoms with van der Waals surface area (Å²) in [6.45, 7) is 5.28. The van der Waals surface area contributed by atoms with Crippen LogP contribution >= 0.6 is 0 Å². The van der Waals surface area contributed by atoms with Crippen LogP contribution < -0.4 is 4.74 Å². The number of benzene rings is 1. The molecule has 1 unspecified atom stereocenters. The van der Waals surface area contributed by atoms with E-state index in [0.717, 1.165) is 0 Å². The number of aliphatic hydroxyl groups excluding tert-OH is 1. The van der Waals surface area contributed by atoms with Crippen molar-refractivity contribution < 1.29 is 19.0 Å². The third-order valence-corrected chi connectivity index (χ3v) is 2.75. The van der Waals surface area contributed by atoms with E-state index >= 15 is 0 Å². The fourth-order valence-corrected chi connectivity index (χ4v) is 1.62. The number of ether oxygens (including phenoxy) is 1. The third kappa shape index (κ3) is 3.29. The summed E-state index contributed by atoms with van der Waals surface area (Å²) < 4.78 is 18.7. The highest BCUT2D eigenvalue weighted by atomic mass is 19.1. The van der Waals surface area contributed by atoms with Crippen LogP contribution in [0.3, 0.4) is 0 Å². The van der Waals surface area contributed by atoms with Gasteiger partial charge in [-0.05, 0) is 17.0 Å². The quantitative estimate of drug-likeness (QED) is 0.897. The number of carbonyl (C=O) groups excluding carboxylic acids is 1. The maximum atomic E-state index is 13.8. The molecule has 0 radical (unpaired) electrons. The second kappa shape index (κ2) is 5.48. The van der Waals surface area contributed by atoms with Gasteiger partial charge in [0.05, 0.1) is 7.11 Å². The van der Waals surface area contributed by atoms with E-state index in [1.54, 1.807) is 26.8 Å². The number of rotatable bonds is 4. The predicted molar refractivity (Wildman–Crippen MR) is 67.1 cm³/mol. The standard InChI is InChI=1S/C14H19FO3/c1-14(2,3)13(17)10(16)8-9-6-5-7-11(18-4)12(9)15/h5-7,13,17H,8H2,1-4H3. The predicted octanol–water partition coefficient (Wildman–Crippen LogP) is 2.35. The number of Topliss-reactive ketones (excluding diaryl/α,β-unsaturated/α-hetero) is 1. The molecule has 1 atom stereocenters. The molecule has 0 saturated heterocycles. The molecule has 0 aromatic heterocycles. The van der Waals surface area contributed by atoms with Crippen molar-refractivity contribution in [3.8, 4) is 5.75 Å². The Bertz CT molecular complexity index is 435. The van der Waals surface area contributed by atoms with Gasteiger partial charge in [-0.15, -0.1) is 0 Å². The van der Waals surface area contributed by atoms with Gasteiger partial charge in [0.2, 0.25) is 0 Å². The van der Waals surface area contributed by atoms with E-state index < -0.39 is 23.1 Å². The molecule has 0 bridgehead atoms. The largest absolute Gasteiger partial charge is 0.494 e. The normalized spacial score (nSPS) is 13.2. The Labute approximate surface area is 107 Å². The summed E-state index contributed by atoms with van der Waals surface area (Å²) in [5.74, 6) is -0.838. The minimum Gasteiger partial charge on any atom is -0.494 e. The lowest BCUT2D eigenvalue weighted by atomic mass is 9.85. The zero-order valence-corrected chi connectivity index (χ0v) is 11.2. The van der Waals surface area contributed by atoms with Crippen LogP contribution in [0.15, 0.2) is 18.2 Å². The average Bonchev–Trinajstić information content (AvgIpc) is 2.29. The molecule has 1 aromatic rings. The smallest absolute Gasteiger partial charge is 0.168 e. The van der Waals surface area contributed by atoms with E-state index in [1.165, 1.54) is 19.2 Å². The number of aliphatic hydroxyl groups is 1. The molecule has 0 amide bonds. The molecule has 4 heteroatoms. The van der Waals surface area contributed by atoms with Crippen molar-refractivity contribution in [1.29, 1.82) is 0 Å². The molecule has 0 saturated carbocycles. The lowest BCUT2D eigenvalue weighted by Crippen LogP contribution is -2.35. The van der Waals surface area contributed by atoms with Crippen molar-refractivity contribution in [2.24, 2.45) is 5.41 Å². The summed E-state index contributed by atoms with van der Waals surface area (Å²) in [6, 6.07) is 4.63. The monoisotopic (exact) mass is 254 g/mol. The van der Waals surface area contributed by atoms with Crippen molar-refractivity contribution in [1.82, 2.24) is 0 Å². The van der Waals surface area contributed by atoms with Crippen LogP contribution in [-0.4, -0.2) is 24.1 Å². The Morgan fingerprint density at radius 2 is 2.06 bits per heavy atom. The van der Waals surface area contributed by atoms with E-state index in [9.17, 15) is 14.3 Å². The Hall–Kier alpha value is -1.42. The summed E-state index contributed by atoms with van der Waals surface area (Å²) in [7, 11) is 1.37. The SMILES string of the molecule is COc1cccc(CC(=O)C(O)C(C)(C)C)c1F. The van der Waals surface area contributed by atoms with E-state index in [2.05, 4.69) is 0 Å². The maximum Gasteiger partial charge on any atom is 0.168 e. The van der Waals surface area contributed by atoms with E-state index in [0.29, 0.717) is 0 Å². The Morgan fingerprint density at radius 3 is 2.56 bits per heavy atom. The zero-order valence-electron chi connectivity index (χ0n) is 11.2.